The third-order valence-electron chi connectivity index (χ3n) is 5.45. The average Bonchev–Trinajstić information content (AvgIpc) is 2.84. The molecule has 0 unspecified atom stereocenters. The predicted molar refractivity (Wildman–Crippen MR) is 154 cm³/mol. The number of carbonyl (C=O) groups excluding carboxylic acids is 3. The maximum absolute atomic E-state index is 13.3. The van der Waals surface area contributed by atoms with Crippen molar-refractivity contribution in [3.8, 4) is 11.5 Å². The number of hydrogen-bond donors (Lipinski definition) is 1. The molecule has 11 heteroatoms. The van der Waals surface area contributed by atoms with Crippen LogP contribution < -0.4 is 19.7 Å². The molecule has 7 nitrogen and oxygen atoms in total. The third kappa shape index (κ3) is 5.95. The zero-order valence-corrected chi connectivity index (χ0v) is 24.7. The standard InChI is InChI=1S/C26H18BrCl2IN2O5/c1-13-7-17(5-6-19(13)27)32-25(34)18(24(33)31-26(32)35)8-14-9-21(30)23(22(10-14)36-2)37-12-15-3-4-16(28)11-20(15)29/h3-11H,12H2,1-2H3,(H,31,33,35)/b18-8+. The number of barbiturate groups is 1. The molecule has 4 amide bonds. The number of anilines is 1. The topological polar surface area (TPSA) is 84.9 Å². The van der Waals surface area contributed by atoms with E-state index < -0.39 is 17.8 Å². The fourth-order valence-corrected chi connectivity index (χ4v) is 5.07. The van der Waals surface area contributed by atoms with Gasteiger partial charge in [-0.1, -0.05) is 45.2 Å². The molecule has 1 fully saturated rings. The second-order valence-electron chi connectivity index (χ2n) is 7.95. The Hall–Kier alpha value is -2.60. The summed E-state index contributed by atoms with van der Waals surface area (Å²) in [6.07, 6.45) is 1.41. The van der Waals surface area contributed by atoms with Gasteiger partial charge in [0.2, 0.25) is 0 Å². The van der Waals surface area contributed by atoms with Gasteiger partial charge in [-0.05, 0) is 89.2 Å². The first kappa shape index (κ1) is 27.4. The normalized spacial score (nSPS) is 14.7. The van der Waals surface area contributed by atoms with Gasteiger partial charge in [-0.25, -0.2) is 9.69 Å². The van der Waals surface area contributed by atoms with Gasteiger partial charge in [0, 0.05) is 20.1 Å². The van der Waals surface area contributed by atoms with E-state index in [1.54, 1.807) is 48.5 Å². The number of urea groups is 1. The second-order valence-corrected chi connectivity index (χ2v) is 10.8. The van der Waals surface area contributed by atoms with Gasteiger partial charge in [0.25, 0.3) is 11.8 Å². The fourth-order valence-electron chi connectivity index (χ4n) is 3.58. The molecule has 0 aliphatic carbocycles. The number of methoxy groups -OCH3 is 1. The minimum atomic E-state index is -0.814. The quantitative estimate of drug-likeness (QED) is 0.170. The molecule has 0 radical (unpaired) electrons. The van der Waals surface area contributed by atoms with E-state index in [1.807, 2.05) is 6.92 Å². The Labute approximate surface area is 245 Å². The molecule has 3 aromatic rings. The van der Waals surface area contributed by atoms with Gasteiger partial charge < -0.3 is 9.47 Å². The van der Waals surface area contributed by atoms with Crippen LogP contribution in [-0.4, -0.2) is 25.0 Å². The Balaban J connectivity index is 1.65. The number of nitrogens with zero attached hydrogens (tertiary/aromatic N) is 1. The number of carbonyl (C=O) groups is 3. The van der Waals surface area contributed by atoms with E-state index in [4.69, 9.17) is 32.7 Å². The molecule has 190 valence electrons. The van der Waals surface area contributed by atoms with E-state index in [0.29, 0.717) is 36.4 Å². The van der Waals surface area contributed by atoms with Crippen molar-refractivity contribution in [2.75, 3.05) is 12.0 Å². The lowest BCUT2D eigenvalue weighted by Gasteiger charge is -2.26. The first-order valence-corrected chi connectivity index (χ1v) is 13.3. The summed E-state index contributed by atoms with van der Waals surface area (Å²) in [5.74, 6) is -0.657. The molecule has 1 aliphatic rings. The third-order valence-corrected chi connectivity index (χ3v) is 7.73. The van der Waals surface area contributed by atoms with Crippen LogP contribution in [0, 0.1) is 10.5 Å². The van der Waals surface area contributed by atoms with Crippen LogP contribution in [0.2, 0.25) is 10.0 Å². The van der Waals surface area contributed by atoms with Crippen LogP contribution in [0.4, 0.5) is 10.5 Å². The van der Waals surface area contributed by atoms with Crippen LogP contribution in [0.5, 0.6) is 11.5 Å². The summed E-state index contributed by atoms with van der Waals surface area (Å²) in [6, 6.07) is 12.7. The number of rotatable bonds is 6. The first-order valence-electron chi connectivity index (χ1n) is 10.7. The summed E-state index contributed by atoms with van der Waals surface area (Å²) in [5.41, 5.74) is 2.23. The summed E-state index contributed by atoms with van der Waals surface area (Å²) in [4.78, 5) is 39.3. The summed E-state index contributed by atoms with van der Waals surface area (Å²) in [6.45, 7) is 2.01. The highest BCUT2D eigenvalue weighted by molar-refractivity contribution is 14.1. The maximum Gasteiger partial charge on any atom is 0.335 e. The van der Waals surface area contributed by atoms with Crippen molar-refractivity contribution in [3.63, 3.8) is 0 Å². The van der Waals surface area contributed by atoms with E-state index in [9.17, 15) is 14.4 Å². The molecule has 1 saturated heterocycles. The largest absolute Gasteiger partial charge is 0.493 e. The SMILES string of the molecule is COc1cc(/C=C2\C(=O)NC(=O)N(c3ccc(Br)c(C)c3)C2=O)cc(I)c1OCc1ccc(Cl)cc1Cl. The van der Waals surface area contributed by atoms with Crippen molar-refractivity contribution >= 4 is 91.3 Å². The molecule has 1 aliphatic heterocycles. The fraction of sp³-hybridized carbons (Fsp3) is 0.115. The van der Waals surface area contributed by atoms with Gasteiger partial charge in [-0.3, -0.25) is 14.9 Å². The number of hydrogen-bond acceptors (Lipinski definition) is 5. The smallest absolute Gasteiger partial charge is 0.335 e. The van der Waals surface area contributed by atoms with E-state index in [-0.39, 0.29) is 12.2 Å². The number of ether oxygens (including phenoxy) is 2. The summed E-state index contributed by atoms with van der Waals surface area (Å²) in [5, 5.41) is 3.23. The summed E-state index contributed by atoms with van der Waals surface area (Å²) in [7, 11) is 1.49. The van der Waals surface area contributed by atoms with Gasteiger partial charge >= 0.3 is 6.03 Å². The highest BCUT2D eigenvalue weighted by Crippen LogP contribution is 2.36. The highest BCUT2D eigenvalue weighted by atomic mass is 127. The van der Waals surface area contributed by atoms with Crippen LogP contribution in [0.3, 0.4) is 0 Å². The predicted octanol–water partition coefficient (Wildman–Crippen LogP) is 6.92. The van der Waals surface area contributed by atoms with Crippen molar-refractivity contribution in [2.24, 2.45) is 0 Å². The van der Waals surface area contributed by atoms with Crippen LogP contribution in [0.15, 0.2) is 58.6 Å². The molecule has 0 bridgehead atoms. The Kier molecular flexibility index (Phi) is 8.47. The van der Waals surface area contributed by atoms with Gasteiger partial charge in [0.1, 0.15) is 12.2 Å². The number of halogens is 4. The molecule has 1 N–H and O–H groups in total. The van der Waals surface area contributed by atoms with Crippen molar-refractivity contribution in [1.29, 1.82) is 0 Å². The Bertz CT molecular complexity index is 1480. The van der Waals surface area contributed by atoms with Gasteiger partial charge in [-0.15, -0.1) is 0 Å². The molecule has 1 heterocycles. The van der Waals surface area contributed by atoms with Crippen molar-refractivity contribution in [3.05, 3.63) is 88.9 Å². The minimum absolute atomic E-state index is 0.174. The van der Waals surface area contributed by atoms with Crippen molar-refractivity contribution in [1.82, 2.24) is 5.32 Å². The van der Waals surface area contributed by atoms with Crippen LogP contribution in [0.1, 0.15) is 16.7 Å². The van der Waals surface area contributed by atoms with Crippen LogP contribution in [0.25, 0.3) is 6.08 Å². The average molecular weight is 716 g/mol. The molecule has 0 aromatic heterocycles. The first-order chi connectivity index (χ1) is 17.6. The summed E-state index contributed by atoms with van der Waals surface area (Å²) < 4.78 is 13.0. The monoisotopic (exact) mass is 714 g/mol. The molecule has 0 saturated carbocycles. The van der Waals surface area contributed by atoms with Crippen LogP contribution in [-0.2, 0) is 16.2 Å². The zero-order valence-electron chi connectivity index (χ0n) is 19.4. The lowest BCUT2D eigenvalue weighted by molar-refractivity contribution is -0.122. The van der Waals surface area contributed by atoms with Crippen molar-refractivity contribution < 1.29 is 23.9 Å². The molecule has 0 spiro atoms. The van der Waals surface area contributed by atoms with Crippen molar-refractivity contribution in [2.45, 2.75) is 13.5 Å². The van der Waals surface area contributed by atoms with E-state index in [1.165, 1.54) is 13.2 Å². The Morgan fingerprint density at radius 1 is 1.08 bits per heavy atom. The molecular weight excluding hydrogens is 698 g/mol. The lowest BCUT2D eigenvalue weighted by Crippen LogP contribution is -2.54. The molecule has 3 aromatic carbocycles. The van der Waals surface area contributed by atoms with Gasteiger partial charge in [-0.2, -0.15) is 0 Å². The maximum atomic E-state index is 13.3. The Morgan fingerprint density at radius 2 is 1.84 bits per heavy atom. The van der Waals surface area contributed by atoms with E-state index in [2.05, 4.69) is 43.8 Å². The number of amides is 4. The molecule has 0 atom stereocenters. The number of benzene rings is 3. The number of aryl methyl sites for hydroxylation is 1. The van der Waals surface area contributed by atoms with Gasteiger partial charge in [0.05, 0.1) is 16.4 Å². The highest BCUT2D eigenvalue weighted by Gasteiger charge is 2.37. The second kappa shape index (κ2) is 11.4. The lowest BCUT2D eigenvalue weighted by atomic mass is 10.1. The van der Waals surface area contributed by atoms with Gasteiger partial charge in [0.15, 0.2) is 11.5 Å². The van der Waals surface area contributed by atoms with Crippen LogP contribution >= 0.6 is 61.7 Å². The summed E-state index contributed by atoms with van der Waals surface area (Å²) >= 11 is 17.7. The number of nitrogens with one attached hydrogen (secondary N) is 1. The number of imide groups is 2. The van der Waals surface area contributed by atoms with E-state index in [0.717, 1.165) is 20.5 Å². The Morgan fingerprint density at radius 3 is 2.51 bits per heavy atom. The molecule has 37 heavy (non-hydrogen) atoms. The molecular formula is C26H18BrCl2IN2O5. The minimum Gasteiger partial charge on any atom is -0.493 e. The van der Waals surface area contributed by atoms with E-state index >= 15 is 0 Å². The zero-order chi connectivity index (χ0) is 26.9. The molecule has 4 rings (SSSR count).